The van der Waals surface area contributed by atoms with Crippen LogP contribution in [0.25, 0.3) is 0 Å². The number of hydrogen-bond acceptors (Lipinski definition) is 1. The first kappa shape index (κ1) is 10.6. The predicted molar refractivity (Wildman–Crippen MR) is 55.4 cm³/mol. The Labute approximate surface area is 88.3 Å². The molecule has 0 atom stereocenters. The van der Waals surface area contributed by atoms with E-state index in [1.807, 2.05) is 0 Å². The summed E-state index contributed by atoms with van der Waals surface area (Å²) in [7, 11) is 0. The van der Waals surface area contributed by atoms with Crippen molar-refractivity contribution in [1.82, 2.24) is 0 Å². The van der Waals surface area contributed by atoms with Crippen molar-refractivity contribution in [2.45, 2.75) is 38.1 Å². The Morgan fingerprint density at radius 2 is 1.67 bits per heavy atom. The monoisotopic (exact) mass is 211 g/mol. The van der Waals surface area contributed by atoms with Crippen LogP contribution in [0.3, 0.4) is 0 Å². The smallest absolute Gasteiger partial charge is 0.159 e. The summed E-state index contributed by atoms with van der Waals surface area (Å²) < 4.78 is 26.1. The molecule has 0 spiro atoms. The highest BCUT2D eigenvalue weighted by Crippen LogP contribution is 2.38. The molecule has 1 aromatic carbocycles. The van der Waals surface area contributed by atoms with Crippen LogP contribution < -0.4 is 5.73 Å². The summed E-state index contributed by atoms with van der Waals surface area (Å²) in [5, 5.41) is 0. The van der Waals surface area contributed by atoms with Crippen LogP contribution >= 0.6 is 0 Å². The van der Waals surface area contributed by atoms with Crippen LogP contribution in [0.2, 0.25) is 0 Å². The Balaban J connectivity index is 2.48. The molecule has 2 N–H and O–H groups in total. The molecule has 0 bridgehead atoms. The molecular formula is C12H15F2N. The van der Waals surface area contributed by atoms with Gasteiger partial charge in [0.25, 0.3) is 0 Å². The average Bonchev–Trinajstić information content (AvgIpc) is 2.60. The molecule has 3 heteroatoms. The third-order valence-corrected chi connectivity index (χ3v) is 3.30. The summed E-state index contributed by atoms with van der Waals surface area (Å²) in [6.45, 7) is 1.78. The van der Waals surface area contributed by atoms with Gasteiger partial charge in [-0.15, -0.1) is 0 Å². The van der Waals surface area contributed by atoms with E-state index in [2.05, 4.69) is 0 Å². The number of benzene rings is 1. The minimum atomic E-state index is -0.799. The summed E-state index contributed by atoms with van der Waals surface area (Å²) in [6.07, 6.45) is 3.85. The molecule has 1 nitrogen and oxygen atoms in total. The Kier molecular flexibility index (Phi) is 2.51. The molecule has 1 saturated carbocycles. The van der Waals surface area contributed by atoms with Crippen LogP contribution in [-0.4, -0.2) is 0 Å². The fraction of sp³-hybridized carbons (Fsp3) is 0.500. The van der Waals surface area contributed by atoms with Crippen molar-refractivity contribution >= 4 is 0 Å². The summed E-state index contributed by atoms with van der Waals surface area (Å²) in [5.41, 5.74) is 7.28. The zero-order valence-corrected chi connectivity index (χ0v) is 8.82. The second-order valence-electron chi connectivity index (χ2n) is 4.44. The average molecular weight is 211 g/mol. The lowest BCUT2D eigenvalue weighted by Crippen LogP contribution is -2.34. The van der Waals surface area contributed by atoms with Crippen LogP contribution in [0.5, 0.6) is 0 Å². The molecular weight excluding hydrogens is 196 g/mol. The Morgan fingerprint density at radius 1 is 1.13 bits per heavy atom. The van der Waals surface area contributed by atoms with Crippen molar-refractivity contribution in [3.8, 4) is 0 Å². The summed E-state index contributed by atoms with van der Waals surface area (Å²) in [5.74, 6) is -1.59. The standard InChI is InChI=1S/C12H15F2N/c1-8-6-10(13)11(14)7-9(8)12(15)4-2-3-5-12/h6-7H,2-5,15H2,1H3. The first-order chi connectivity index (χ1) is 7.03. The van der Waals surface area contributed by atoms with Gasteiger partial charge in [-0.1, -0.05) is 12.8 Å². The van der Waals surface area contributed by atoms with E-state index in [4.69, 9.17) is 5.73 Å². The second kappa shape index (κ2) is 3.56. The van der Waals surface area contributed by atoms with E-state index in [1.165, 1.54) is 12.1 Å². The van der Waals surface area contributed by atoms with Gasteiger partial charge in [0.1, 0.15) is 0 Å². The minimum absolute atomic E-state index is 0.446. The molecule has 82 valence electrons. The SMILES string of the molecule is Cc1cc(F)c(F)cc1C1(N)CCCC1. The molecule has 1 aliphatic rings. The highest BCUT2D eigenvalue weighted by molar-refractivity contribution is 5.34. The summed E-state index contributed by atoms with van der Waals surface area (Å²) in [4.78, 5) is 0. The zero-order chi connectivity index (χ0) is 11.1. The van der Waals surface area contributed by atoms with Crippen LogP contribution in [0.15, 0.2) is 12.1 Å². The molecule has 0 aliphatic heterocycles. The lowest BCUT2D eigenvalue weighted by atomic mass is 9.86. The topological polar surface area (TPSA) is 26.0 Å². The van der Waals surface area contributed by atoms with Gasteiger partial charge in [-0.2, -0.15) is 0 Å². The van der Waals surface area contributed by atoms with Crippen molar-refractivity contribution in [2.24, 2.45) is 5.73 Å². The molecule has 0 heterocycles. The van der Waals surface area contributed by atoms with Gasteiger partial charge in [0.05, 0.1) is 0 Å². The van der Waals surface area contributed by atoms with Crippen molar-refractivity contribution < 1.29 is 8.78 Å². The van der Waals surface area contributed by atoms with Gasteiger partial charge in [-0.25, -0.2) is 8.78 Å². The highest BCUT2D eigenvalue weighted by Gasteiger charge is 2.33. The maximum absolute atomic E-state index is 13.2. The fourth-order valence-corrected chi connectivity index (χ4v) is 2.46. The number of hydrogen-bond donors (Lipinski definition) is 1. The second-order valence-corrected chi connectivity index (χ2v) is 4.44. The van der Waals surface area contributed by atoms with Gasteiger partial charge in [0, 0.05) is 5.54 Å². The molecule has 0 amide bonds. The normalized spacial score (nSPS) is 19.5. The van der Waals surface area contributed by atoms with Crippen LogP contribution in [0, 0.1) is 18.6 Å². The van der Waals surface area contributed by atoms with Crippen LogP contribution in [0.1, 0.15) is 36.8 Å². The van der Waals surface area contributed by atoms with E-state index in [-0.39, 0.29) is 0 Å². The van der Waals surface area contributed by atoms with Gasteiger partial charge in [-0.05, 0) is 43.0 Å². The molecule has 1 aromatic rings. The first-order valence-corrected chi connectivity index (χ1v) is 5.28. The third-order valence-electron chi connectivity index (χ3n) is 3.30. The van der Waals surface area contributed by atoms with Gasteiger partial charge in [0.2, 0.25) is 0 Å². The van der Waals surface area contributed by atoms with Crippen molar-refractivity contribution in [1.29, 1.82) is 0 Å². The molecule has 1 aliphatic carbocycles. The lowest BCUT2D eigenvalue weighted by Gasteiger charge is -2.26. The van der Waals surface area contributed by atoms with E-state index in [0.29, 0.717) is 0 Å². The largest absolute Gasteiger partial charge is 0.321 e. The number of halogens is 2. The van der Waals surface area contributed by atoms with Crippen LogP contribution in [-0.2, 0) is 5.54 Å². The zero-order valence-electron chi connectivity index (χ0n) is 8.82. The van der Waals surface area contributed by atoms with Crippen molar-refractivity contribution in [3.05, 3.63) is 34.9 Å². The highest BCUT2D eigenvalue weighted by atomic mass is 19.2. The Hall–Kier alpha value is -0.960. The minimum Gasteiger partial charge on any atom is -0.321 e. The van der Waals surface area contributed by atoms with Gasteiger partial charge in [-0.3, -0.25) is 0 Å². The maximum atomic E-state index is 13.2. The first-order valence-electron chi connectivity index (χ1n) is 5.28. The lowest BCUT2D eigenvalue weighted by molar-refractivity contribution is 0.446. The summed E-state index contributed by atoms with van der Waals surface area (Å²) >= 11 is 0. The van der Waals surface area contributed by atoms with E-state index in [1.54, 1.807) is 6.92 Å². The Bertz CT molecular complexity index is 381. The summed E-state index contributed by atoms with van der Waals surface area (Å²) in [6, 6.07) is 2.49. The predicted octanol–water partition coefficient (Wildman–Crippen LogP) is 3.00. The number of rotatable bonds is 1. The van der Waals surface area contributed by atoms with E-state index < -0.39 is 17.2 Å². The maximum Gasteiger partial charge on any atom is 0.159 e. The van der Waals surface area contributed by atoms with Gasteiger partial charge in [0.15, 0.2) is 11.6 Å². The molecule has 15 heavy (non-hydrogen) atoms. The molecule has 0 saturated heterocycles. The fourth-order valence-electron chi connectivity index (χ4n) is 2.46. The van der Waals surface area contributed by atoms with Crippen molar-refractivity contribution in [2.75, 3.05) is 0 Å². The molecule has 2 rings (SSSR count). The van der Waals surface area contributed by atoms with Gasteiger partial charge < -0.3 is 5.73 Å². The van der Waals surface area contributed by atoms with Gasteiger partial charge >= 0.3 is 0 Å². The quantitative estimate of drug-likeness (QED) is 0.759. The van der Waals surface area contributed by atoms with E-state index in [0.717, 1.165) is 36.8 Å². The van der Waals surface area contributed by atoms with Crippen LogP contribution in [0.4, 0.5) is 8.78 Å². The molecule has 0 radical (unpaired) electrons. The third kappa shape index (κ3) is 1.76. The Morgan fingerprint density at radius 3 is 2.27 bits per heavy atom. The van der Waals surface area contributed by atoms with E-state index >= 15 is 0 Å². The van der Waals surface area contributed by atoms with Crippen molar-refractivity contribution in [3.63, 3.8) is 0 Å². The number of aryl methyl sites for hydroxylation is 1. The molecule has 0 unspecified atom stereocenters. The molecule has 0 aromatic heterocycles. The number of nitrogens with two attached hydrogens (primary N) is 1. The van der Waals surface area contributed by atoms with E-state index in [9.17, 15) is 8.78 Å². The molecule has 1 fully saturated rings.